The van der Waals surface area contributed by atoms with E-state index >= 15 is 0 Å². The predicted octanol–water partition coefficient (Wildman–Crippen LogP) is 3.84. The zero-order valence-corrected chi connectivity index (χ0v) is 17.4. The number of ether oxygens (including phenoxy) is 1. The summed E-state index contributed by atoms with van der Waals surface area (Å²) in [5.41, 5.74) is 2.20. The van der Waals surface area contributed by atoms with Crippen molar-refractivity contribution in [3.05, 3.63) is 60.4 Å². The first kappa shape index (κ1) is 22.5. The molecule has 0 bridgehead atoms. The highest BCUT2D eigenvalue weighted by Gasteiger charge is 2.29. The van der Waals surface area contributed by atoms with E-state index in [9.17, 15) is 17.6 Å². The molecule has 0 spiro atoms. The van der Waals surface area contributed by atoms with Crippen molar-refractivity contribution >= 4 is 11.5 Å². The average Bonchev–Trinajstić information content (AvgIpc) is 3.39. The van der Waals surface area contributed by atoms with Crippen molar-refractivity contribution < 1.29 is 27.4 Å². The molecule has 0 aliphatic carbocycles. The van der Waals surface area contributed by atoms with Gasteiger partial charge in [-0.15, -0.1) is 0 Å². The molecule has 0 fully saturated rings. The van der Waals surface area contributed by atoms with Gasteiger partial charge in [-0.3, -0.25) is 4.68 Å². The summed E-state index contributed by atoms with van der Waals surface area (Å²) >= 11 is 0. The van der Waals surface area contributed by atoms with Gasteiger partial charge in [-0.25, -0.2) is 13.9 Å². The largest absolute Gasteiger partial charge is 0.484 e. The average molecular weight is 464 g/mol. The topological polar surface area (TPSA) is 89.5 Å². The second kappa shape index (κ2) is 9.06. The Morgan fingerprint density at radius 1 is 1.18 bits per heavy atom. The normalized spacial score (nSPS) is 12.8. The fourth-order valence-corrected chi connectivity index (χ4v) is 3.33. The number of aliphatic hydroxyl groups is 1. The Bertz CT molecular complexity index is 1250. The molecule has 0 aliphatic rings. The van der Waals surface area contributed by atoms with E-state index < -0.39 is 24.6 Å². The van der Waals surface area contributed by atoms with Crippen molar-refractivity contribution in [2.45, 2.75) is 25.7 Å². The fourth-order valence-electron chi connectivity index (χ4n) is 3.33. The first-order chi connectivity index (χ1) is 15.7. The number of aliphatic hydroxyl groups excluding tert-OH is 1. The summed E-state index contributed by atoms with van der Waals surface area (Å²) in [6.07, 6.45) is 2.18. The highest BCUT2D eigenvalue weighted by atomic mass is 19.4. The maximum Gasteiger partial charge on any atom is 0.422 e. The third-order valence-corrected chi connectivity index (χ3v) is 4.84. The number of halogens is 4. The zero-order valence-electron chi connectivity index (χ0n) is 17.4. The molecule has 0 unspecified atom stereocenters. The number of alkyl halides is 3. The monoisotopic (exact) mass is 464 g/mol. The Morgan fingerprint density at radius 3 is 2.76 bits per heavy atom. The molecular formula is C21H20F4N6O2. The minimum absolute atomic E-state index is 0.0468. The van der Waals surface area contributed by atoms with Crippen molar-refractivity contribution in [1.29, 1.82) is 0 Å². The fraction of sp³-hybridized carbons (Fsp3) is 0.286. The number of anilines is 1. The Morgan fingerprint density at radius 2 is 2.00 bits per heavy atom. The molecule has 8 nitrogen and oxygen atoms in total. The number of rotatable bonds is 8. The van der Waals surface area contributed by atoms with E-state index in [1.807, 2.05) is 0 Å². The maximum atomic E-state index is 13.8. The summed E-state index contributed by atoms with van der Waals surface area (Å²) in [6, 6.07) is 4.37. The number of nitrogens with zero attached hydrogens (tertiary/aromatic N) is 5. The lowest BCUT2D eigenvalue weighted by atomic mass is 10.1. The molecule has 12 heteroatoms. The van der Waals surface area contributed by atoms with Crippen LogP contribution in [-0.2, 0) is 6.54 Å². The lowest BCUT2D eigenvalue weighted by Gasteiger charge is -2.19. The summed E-state index contributed by atoms with van der Waals surface area (Å²) in [4.78, 5) is 4.56. The van der Waals surface area contributed by atoms with E-state index in [1.54, 1.807) is 47.0 Å². The predicted molar refractivity (Wildman–Crippen MR) is 111 cm³/mol. The van der Waals surface area contributed by atoms with E-state index in [0.717, 1.165) is 17.7 Å². The molecule has 0 radical (unpaired) electrons. The van der Waals surface area contributed by atoms with Gasteiger partial charge in [0, 0.05) is 29.1 Å². The SMILES string of the molecule is C[C@@H](Nc1ccn2ncc(-c3cnn(CCO)c3)c2n1)c1cc(F)ccc1OCC(F)(F)F. The number of fused-ring (bicyclic) bond motifs is 1. The van der Waals surface area contributed by atoms with Crippen LogP contribution in [0.3, 0.4) is 0 Å². The highest BCUT2D eigenvalue weighted by Crippen LogP contribution is 2.30. The minimum atomic E-state index is -4.52. The van der Waals surface area contributed by atoms with E-state index in [1.165, 1.54) is 6.07 Å². The molecular weight excluding hydrogens is 444 g/mol. The molecule has 4 rings (SSSR count). The smallest absolute Gasteiger partial charge is 0.422 e. The van der Waals surface area contributed by atoms with Crippen LogP contribution in [0, 0.1) is 5.82 Å². The van der Waals surface area contributed by atoms with Crippen molar-refractivity contribution in [2.24, 2.45) is 0 Å². The van der Waals surface area contributed by atoms with E-state index in [4.69, 9.17) is 9.84 Å². The number of nitrogens with one attached hydrogen (secondary N) is 1. The van der Waals surface area contributed by atoms with Crippen LogP contribution in [0.2, 0.25) is 0 Å². The first-order valence-corrected chi connectivity index (χ1v) is 9.97. The molecule has 0 saturated heterocycles. The third kappa shape index (κ3) is 5.22. The van der Waals surface area contributed by atoms with Gasteiger partial charge in [-0.2, -0.15) is 23.4 Å². The summed E-state index contributed by atoms with van der Waals surface area (Å²) in [5.74, 6) is -0.263. The van der Waals surface area contributed by atoms with Crippen LogP contribution < -0.4 is 10.1 Å². The van der Waals surface area contributed by atoms with Crippen molar-refractivity contribution in [2.75, 3.05) is 18.5 Å². The van der Waals surface area contributed by atoms with Crippen LogP contribution in [0.25, 0.3) is 16.8 Å². The van der Waals surface area contributed by atoms with Crippen LogP contribution in [-0.4, -0.2) is 48.9 Å². The summed E-state index contributed by atoms with van der Waals surface area (Å²) in [6.45, 7) is 0.487. The molecule has 3 heterocycles. The zero-order chi connectivity index (χ0) is 23.6. The molecule has 33 heavy (non-hydrogen) atoms. The standard InChI is InChI=1S/C21H20F4N6O2/c1-13(16-8-15(22)2-3-18(16)33-12-21(23,24)25)28-19-4-5-31-20(29-19)17(10-27-31)14-9-26-30(11-14)6-7-32/h2-5,8-11,13,32H,6-7,12H2,1H3,(H,28,29)/t13-/m1/s1. The van der Waals surface area contributed by atoms with Crippen molar-refractivity contribution in [3.63, 3.8) is 0 Å². The van der Waals surface area contributed by atoms with E-state index in [-0.39, 0.29) is 17.9 Å². The maximum absolute atomic E-state index is 13.8. The van der Waals surface area contributed by atoms with Gasteiger partial charge in [-0.1, -0.05) is 0 Å². The minimum Gasteiger partial charge on any atom is -0.484 e. The second-order valence-electron chi connectivity index (χ2n) is 7.31. The van der Waals surface area contributed by atoms with Crippen molar-refractivity contribution in [1.82, 2.24) is 24.4 Å². The number of hydrogen-bond acceptors (Lipinski definition) is 6. The molecule has 1 aromatic carbocycles. The third-order valence-electron chi connectivity index (χ3n) is 4.84. The Balaban J connectivity index is 1.59. The van der Waals surface area contributed by atoms with Gasteiger partial charge in [0.2, 0.25) is 0 Å². The van der Waals surface area contributed by atoms with Gasteiger partial charge in [-0.05, 0) is 31.2 Å². The quantitative estimate of drug-likeness (QED) is 0.385. The Hall–Kier alpha value is -3.67. The van der Waals surface area contributed by atoms with Gasteiger partial charge in [0.25, 0.3) is 0 Å². The van der Waals surface area contributed by atoms with Crippen LogP contribution in [0.4, 0.5) is 23.4 Å². The first-order valence-electron chi connectivity index (χ1n) is 9.97. The van der Waals surface area contributed by atoms with Gasteiger partial charge < -0.3 is 15.2 Å². The summed E-state index contributed by atoms with van der Waals surface area (Å²) < 4.78 is 59.6. The number of benzene rings is 1. The summed E-state index contributed by atoms with van der Waals surface area (Å²) in [7, 11) is 0. The number of hydrogen-bond donors (Lipinski definition) is 2. The molecule has 0 amide bonds. The van der Waals surface area contributed by atoms with Gasteiger partial charge in [0.1, 0.15) is 17.4 Å². The molecule has 174 valence electrons. The van der Waals surface area contributed by atoms with Crippen LogP contribution >= 0.6 is 0 Å². The highest BCUT2D eigenvalue weighted by molar-refractivity contribution is 5.76. The second-order valence-corrected chi connectivity index (χ2v) is 7.31. The molecule has 3 aromatic heterocycles. The molecule has 0 saturated carbocycles. The lowest BCUT2D eigenvalue weighted by molar-refractivity contribution is -0.153. The Labute approximate surface area is 185 Å². The van der Waals surface area contributed by atoms with Crippen LogP contribution in [0.5, 0.6) is 5.75 Å². The molecule has 4 aromatic rings. The van der Waals surface area contributed by atoms with Crippen molar-refractivity contribution in [3.8, 4) is 16.9 Å². The van der Waals surface area contributed by atoms with Crippen LogP contribution in [0.15, 0.2) is 49.1 Å². The summed E-state index contributed by atoms with van der Waals surface area (Å²) in [5, 5.41) is 20.6. The van der Waals surface area contributed by atoms with Crippen LogP contribution in [0.1, 0.15) is 18.5 Å². The number of aromatic nitrogens is 5. The molecule has 2 N–H and O–H groups in total. The lowest BCUT2D eigenvalue weighted by Crippen LogP contribution is -2.20. The van der Waals surface area contributed by atoms with Gasteiger partial charge in [0.15, 0.2) is 12.3 Å². The molecule has 1 atom stereocenters. The Kier molecular flexibility index (Phi) is 6.18. The van der Waals surface area contributed by atoms with Gasteiger partial charge in [0.05, 0.1) is 31.6 Å². The van der Waals surface area contributed by atoms with Gasteiger partial charge >= 0.3 is 6.18 Å². The van der Waals surface area contributed by atoms with E-state index in [2.05, 4.69) is 20.5 Å². The molecule has 0 aliphatic heterocycles. The van der Waals surface area contributed by atoms with E-state index in [0.29, 0.717) is 23.6 Å².